The Morgan fingerprint density at radius 2 is 2.17 bits per heavy atom. The summed E-state index contributed by atoms with van der Waals surface area (Å²) in [5, 5.41) is 0. The summed E-state index contributed by atoms with van der Waals surface area (Å²) in [5.41, 5.74) is 3.33. The Hall–Kier alpha value is -2.43. The molecule has 90 valence electrons. The number of H-pyrrole nitrogens is 1. The number of rotatable bonds is 1. The van der Waals surface area contributed by atoms with E-state index in [2.05, 4.69) is 15.0 Å². The molecule has 0 fully saturated rings. The molecule has 0 saturated carbocycles. The first-order valence-electron chi connectivity index (χ1n) is 5.63. The van der Waals surface area contributed by atoms with Gasteiger partial charge in [0.2, 0.25) is 0 Å². The van der Waals surface area contributed by atoms with E-state index in [9.17, 15) is 4.79 Å². The minimum atomic E-state index is -0.0582. The van der Waals surface area contributed by atoms with Crippen molar-refractivity contribution < 1.29 is 0 Å². The summed E-state index contributed by atoms with van der Waals surface area (Å²) in [7, 11) is 1.72. The second kappa shape index (κ2) is 3.80. The summed E-state index contributed by atoms with van der Waals surface area (Å²) in [6.45, 7) is 1.98. The maximum atomic E-state index is 11.6. The zero-order valence-corrected chi connectivity index (χ0v) is 10.1. The molecular formula is C13H12N4O. The van der Waals surface area contributed by atoms with E-state index in [4.69, 9.17) is 0 Å². The van der Waals surface area contributed by atoms with Crippen LogP contribution in [0.3, 0.4) is 0 Å². The fraction of sp³-hybridized carbons (Fsp3) is 0.154. The first kappa shape index (κ1) is 10.7. The molecule has 3 aromatic heterocycles. The highest BCUT2D eigenvalue weighted by atomic mass is 16.1. The van der Waals surface area contributed by atoms with Gasteiger partial charge in [-0.05, 0) is 24.6 Å². The highest BCUT2D eigenvalue weighted by Gasteiger charge is 2.07. The molecule has 3 heterocycles. The van der Waals surface area contributed by atoms with Gasteiger partial charge in [0.1, 0.15) is 5.82 Å². The summed E-state index contributed by atoms with van der Waals surface area (Å²) < 4.78 is 1.52. The molecule has 0 radical (unpaired) electrons. The molecule has 3 rings (SSSR count). The van der Waals surface area contributed by atoms with Gasteiger partial charge in [-0.2, -0.15) is 0 Å². The fourth-order valence-corrected chi connectivity index (χ4v) is 1.84. The van der Waals surface area contributed by atoms with Crippen LogP contribution in [0.4, 0.5) is 0 Å². The number of pyridine rings is 2. The van der Waals surface area contributed by atoms with Gasteiger partial charge >= 0.3 is 0 Å². The lowest BCUT2D eigenvalue weighted by Crippen LogP contribution is -2.14. The molecule has 5 nitrogen and oxygen atoms in total. The molecule has 0 saturated heterocycles. The number of nitrogens with one attached hydrogen (secondary N) is 1. The molecule has 0 aliphatic heterocycles. The third kappa shape index (κ3) is 1.69. The number of aromatic nitrogens is 4. The Kier molecular flexibility index (Phi) is 2.26. The topological polar surface area (TPSA) is 63.6 Å². The van der Waals surface area contributed by atoms with E-state index in [1.54, 1.807) is 25.5 Å². The number of fused-ring (bicyclic) bond motifs is 1. The molecule has 18 heavy (non-hydrogen) atoms. The summed E-state index contributed by atoms with van der Waals surface area (Å²) in [6.07, 6.45) is 3.50. The molecule has 0 aromatic carbocycles. The molecule has 1 N–H and O–H groups in total. The predicted molar refractivity (Wildman–Crippen MR) is 69.3 cm³/mol. The van der Waals surface area contributed by atoms with Crippen molar-refractivity contribution in [1.82, 2.24) is 19.5 Å². The summed E-state index contributed by atoms with van der Waals surface area (Å²) in [4.78, 5) is 23.4. The van der Waals surface area contributed by atoms with Crippen molar-refractivity contribution in [3.63, 3.8) is 0 Å². The van der Waals surface area contributed by atoms with Crippen LogP contribution in [0.25, 0.3) is 22.6 Å². The molecular weight excluding hydrogens is 228 g/mol. The molecule has 3 aromatic rings. The maximum Gasteiger partial charge on any atom is 0.250 e. The first-order chi connectivity index (χ1) is 8.63. The summed E-state index contributed by atoms with van der Waals surface area (Å²) in [5.74, 6) is 0.667. The van der Waals surface area contributed by atoms with Crippen LogP contribution in [-0.2, 0) is 7.05 Å². The maximum absolute atomic E-state index is 11.6. The molecule has 0 aliphatic carbocycles. The SMILES string of the molecule is Cc1cnc2nc(-c3ccn(C)c(=O)c3)[nH]c2c1. The van der Waals surface area contributed by atoms with Crippen LogP contribution in [0.1, 0.15) is 5.56 Å². The first-order valence-corrected chi connectivity index (χ1v) is 5.63. The Morgan fingerprint density at radius 1 is 1.33 bits per heavy atom. The van der Waals surface area contributed by atoms with Crippen molar-refractivity contribution in [3.05, 3.63) is 46.5 Å². The molecule has 0 unspecified atom stereocenters. The smallest absolute Gasteiger partial charge is 0.250 e. The van der Waals surface area contributed by atoms with Crippen LogP contribution < -0.4 is 5.56 Å². The van der Waals surface area contributed by atoms with E-state index < -0.39 is 0 Å². The van der Waals surface area contributed by atoms with Crippen molar-refractivity contribution in [2.24, 2.45) is 7.05 Å². The largest absolute Gasteiger partial charge is 0.337 e. The molecule has 0 amide bonds. The van der Waals surface area contributed by atoms with Gasteiger partial charge in [0.05, 0.1) is 5.52 Å². The third-order valence-corrected chi connectivity index (χ3v) is 2.85. The van der Waals surface area contributed by atoms with Gasteiger partial charge in [0, 0.05) is 31.1 Å². The quantitative estimate of drug-likeness (QED) is 0.703. The zero-order chi connectivity index (χ0) is 12.7. The van der Waals surface area contributed by atoms with Crippen molar-refractivity contribution in [2.45, 2.75) is 6.92 Å². The van der Waals surface area contributed by atoms with Gasteiger partial charge in [0.25, 0.3) is 5.56 Å². The van der Waals surface area contributed by atoms with E-state index in [1.807, 2.05) is 19.1 Å². The molecule has 5 heteroatoms. The number of nitrogens with zero attached hydrogens (tertiary/aromatic N) is 3. The monoisotopic (exact) mass is 240 g/mol. The number of hydrogen-bond donors (Lipinski definition) is 1. The van der Waals surface area contributed by atoms with E-state index in [0.29, 0.717) is 11.5 Å². The molecule has 0 aliphatic rings. The van der Waals surface area contributed by atoms with E-state index in [0.717, 1.165) is 16.6 Å². The summed E-state index contributed by atoms with van der Waals surface area (Å²) >= 11 is 0. The predicted octanol–water partition coefficient (Wildman–Crippen LogP) is 1.63. The highest BCUT2D eigenvalue weighted by Crippen LogP contribution is 2.18. The van der Waals surface area contributed by atoms with Crippen molar-refractivity contribution in [1.29, 1.82) is 0 Å². The Morgan fingerprint density at radius 3 is 2.94 bits per heavy atom. The summed E-state index contributed by atoms with van der Waals surface area (Å²) in [6, 6.07) is 5.40. The lowest BCUT2D eigenvalue weighted by molar-refractivity contribution is 0.860. The molecule has 0 spiro atoms. The second-order valence-electron chi connectivity index (χ2n) is 4.33. The van der Waals surface area contributed by atoms with Crippen molar-refractivity contribution in [2.75, 3.05) is 0 Å². The number of aromatic amines is 1. The minimum absolute atomic E-state index is 0.0582. The molecule has 0 atom stereocenters. The van der Waals surface area contributed by atoms with Crippen LogP contribution >= 0.6 is 0 Å². The average molecular weight is 240 g/mol. The second-order valence-corrected chi connectivity index (χ2v) is 4.33. The normalized spacial score (nSPS) is 11.0. The van der Waals surface area contributed by atoms with Gasteiger partial charge in [-0.15, -0.1) is 0 Å². The Labute approximate surface area is 103 Å². The van der Waals surface area contributed by atoms with Crippen LogP contribution in [0.2, 0.25) is 0 Å². The highest BCUT2D eigenvalue weighted by molar-refractivity contribution is 5.76. The Balaban J connectivity index is 2.19. The third-order valence-electron chi connectivity index (χ3n) is 2.85. The van der Waals surface area contributed by atoms with Crippen LogP contribution in [0.5, 0.6) is 0 Å². The van der Waals surface area contributed by atoms with Crippen molar-refractivity contribution in [3.8, 4) is 11.4 Å². The Bertz CT molecular complexity index is 785. The molecule has 0 bridgehead atoms. The lowest BCUT2D eigenvalue weighted by atomic mass is 10.2. The lowest BCUT2D eigenvalue weighted by Gasteiger charge is -1.98. The van der Waals surface area contributed by atoms with Gasteiger partial charge in [0.15, 0.2) is 5.65 Å². The average Bonchev–Trinajstić information content (AvgIpc) is 2.75. The van der Waals surface area contributed by atoms with Gasteiger partial charge in [-0.1, -0.05) is 0 Å². The standard InChI is InChI=1S/C13H12N4O/c1-8-5-10-13(14-7-8)16-12(15-10)9-3-4-17(2)11(18)6-9/h3-7H,1-2H3,(H,14,15,16). The zero-order valence-electron chi connectivity index (χ0n) is 10.1. The van der Waals surface area contributed by atoms with Gasteiger partial charge in [-0.25, -0.2) is 9.97 Å². The fourth-order valence-electron chi connectivity index (χ4n) is 1.84. The van der Waals surface area contributed by atoms with Gasteiger partial charge in [-0.3, -0.25) is 4.79 Å². The van der Waals surface area contributed by atoms with E-state index >= 15 is 0 Å². The van der Waals surface area contributed by atoms with Crippen molar-refractivity contribution >= 4 is 11.2 Å². The number of imidazole rings is 1. The van der Waals surface area contributed by atoms with E-state index in [1.165, 1.54) is 4.57 Å². The van der Waals surface area contributed by atoms with E-state index in [-0.39, 0.29) is 5.56 Å². The van der Waals surface area contributed by atoms with Crippen LogP contribution in [0, 0.1) is 6.92 Å². The van der Waals surface area contributed by atoms with Crippen LogP contribution in [-0.4, -0.2) is 19.5 Å². The van der Waals surface area contributed by atoms with Crippen LogP contribution in [0.15, 0.2) is 35.4 Å². The minimum Gasteiger partial charge on any atom is -0.337 e. The van der Waals surface area contributed by atoms with Gasteiger partial charge < -0.3 is 9.55 Å². The number of aryl methyl sites for hydroxylation is 2. The number of hydrogen-bond acceptors (Lipinski definition) is 3.